The lowest BCUT2D eigenvalue weighted by Crippen LogP contribution is -2.40. The van der Waals surface area contributed by atoms with Crippen LogP contribution in [0.5, 0.6) is 0 Å². The quantitative estimate of drug-likeness (QED) is 0.915. The summed E-state index contributed by atoms with van der Waals surface area (Å²) in [5, 5.41) is 0. The summed E-state index contributed by atoms with van der Waals surface area (Å²) in [5.41, 5.74) is 8.13. The normalized spacial score (nSPS) is 10.8. The minimum absolute atomic E-state index is 0.0942. The van der Waals surface area contributed by atoms with Gasteiger partial charge in [0.2, 0.25) is 0 Å². The van der Waals surface area contributed by atoms with Crippen LogP contribution in [-0.2, 0) is 13.1 Å². The fraction of sp³-hybridized carbons (Fsp3) is 0.333. The van der Waals surface area contributed by atoms with Gasteiger partial charge in [-0.05, 0) is 31.9 Å². The second-order valence-corrected chi connectivity index (χ2v) is 4.97. The Bertz CT molecular complexity index is 757. The molecule has 0 unspecified atom stereocenters. The Labute approximate surface area is 117 Å². The molecule has 106 valence electrons. The van der Waals surface area contributed by atoms with Crippen LogP contribution in [0.25, 0.3) is 0 Å². The van der Waals surface area contributed by atoms with E-state index in [2.05, 4.69) is 0 Å². The van der Waals surface area contributed by atoms with Gasteiger partial charge in [-0.15, -0.1) is 0 Å². The number of aryl methyl sites for hydroxylation is 3. The van der Waals surface area contributed by atoms with Crippen molar-refractivity contribution in [2.75, 3.05) is 5.73 Å². The first kappa shape index (κ1) is 14.1. The molecule has 0 atom stereocenters. The zero-order valence-electron chi connectivity index (χ0n) is 12.0. The zero-order valence-corrected chi connectivity index (χ0v) is 12.0. The molecule has 5 nitrogen and oxygen atoms in total. The lowest BCUT2D eigenvalue weighted by molar-refractivity contribution is 0.602. The van der Waals surface area contributed by atoms with Crippen LogP contribution >= 0.6 is 0 Å². The molecule has 1 aromatic carbocycles. The van der Waals surface area contributed by atoms with Gasteiger partial charge in [0.1, 0.15) is 5.69 Å². The van der Waals surface area contributed by atoms with Crippen LogP contribution in [0.2, 0.25) is 0 Å². The Morgan fingerprint density at radius 3 is 2.55 bits per heavy atom. The van der Waals surface area contributed by atoms with Crippen LogP contribution in [0.1, 0.15) is 23.6 Å². The van der Waals surface area contributed by atoms with E-state index < -0.39 is 5.56 Å². The van der Waals surface area contributed by atoms with Gasteiger partial charge in [-0.25, -0.2) is 4.79 Å². The second-order valence-electron chi connectivity index (χ2n) is 4.97. The van der Waals surface area contributed by atoms with Gasteiger partial charge in [-0.1, -0.05) is 23.8 Å². The highest BCUT2D eigenvalue weighted by Gasteiger charge is 2.10. The van der Waals surface area contributed by atoms with Crippen molar-refractivity contribution in [3.05, 3.63) is 61.9 Å². The molecule has 2 rings (SSSR count). The number of nitrogens with zero attached hydrogens (tertiary/aromatic N) is 2. The van der Waals surface area contributed by atoms with Crippen molar-refractivity contribution < 1.29 is 0 Å². The maximum atomic E-state index is 12.2. The third-order valence-electron chi connectivity index (χ3n) is 3.44. The molecule has 0 aliphatic heterocycles. The average molecular weight is 273 g/mol. The molecule has 20 heavy (non-hydrogen) atoms. The van der Waals surface area contributed by atoms with E-state index in [1.165, 1.54) is 15.3 Å². The lowest BCUT2D eigenvalue weighted by atomic mass is 10.1. The van der Waals surface area contributed by atoms with E-state index in [1.54, 1.807) is 0 Å². The number of aromatic nitrogens is 2. The number of anilines is 1. The van der Waals surface area contributed by atoms with E-state index in [4.69, 9.17) is 5.73 Å². The van der Waals surface area contributed by atoms with Crippen LogP contribution in [0, 0.1) is 13.8 Å². The Balaban J connectivity index is 2.59. The number of nitrogen functional groups attached to an aromatic ring is 1. The molecule has 0 saturated carbocycles. The molecule has 0 aliphatic carbocycles. The molecule has 0 saturated heterocycles. The molecule has 2 N–H and O–H groups in total. The van der Waals surface area contributed by atoms with Crippen LogP contribution in [0.15, 0.2) is 34.0 Å². The summed E-state index contributed by atoms with van der Waals surface area (Å²) >= 11 is 0. The molecule has 2 aromatic rings. The molecule has 0 fully saturated rings. The molecule has 1 heterocycles. The molecule has 0 amide bonds. The number of hydrogen-bond donors (Lipinski definition) is 1. The topological polar surface area (TPSA) is 70.0 Å². The molecule has 0 bridgehead atoms. The lowest BCUT2D eigenvalue weighted by Gasteiger charge is -2.12. The molecule has 0 spiro atoms. The standard InChI is InChI=1S/C15H19N3O2/c1-4-17-9-13(16)14(19)18(15(17)20)8-12-7-10(2)5-6-11(12)3/h5-7,9H,4,8,16H2,1-3H3. The molecule has 1 aromatic heterocycles. The minimum atomic E-state index is -0.430. The SMILES string of the molecule is CCn1cc(N)c(=O)n(Cc2cc(C)ccc2C)c1=O. The highest BCUT2D eigenvalue weighted by Crippen LogP contribution is 2.11. The summed E-state index contributed by atoms with van der Waals surface area (Å²) < 4.78 is 2.64. The van der Waals surface area contributed by atoms with Gasteiger partial charge in [0.25, 0.3) is 5.56 Å². The van der Waals surface area contributed by atoms with Gasteiger partial charge in [-0.2, -0.15) is 0 Å². The van der Waals surface area contributed by atoms with Crippen molar-refractivity contribution in [1.82, 2.24) is 9.13 Å². The maximum absolute atomic E-state index is 12.2. The van der Waals surface area contributed by atoms with Gasteiger partial charge in [0, 0.05) is 12.7 Å². The van der Waals surface area contributed by atoms with Crippen molar-refractivity contribution in [3.8, 4) is 0 Å². The first-order valence-corrected chi connectivity index (χ1v) is 6.60. The van der Waals surface area contributed by atoms with Gasteiger partial charge in [0.05, 0.1) is 6.54 Å². The third kappa shape index (κ3) is 2.52. The largest absolute Gasteiger partial charge is 0.393 e. The van der Waals surface area contributed by atoms with Crippen molar-refractivity contribution in [1.29, 1.82) is 0 Å². The maximum Gasteiger partial charge on any atom is 0.331 e. The van der Waals surface area contributed by atoms with E-state index in [-0.39, 0.29) is 17.9 Å². The zero-order chi connectivity index (χ0) is 14.9. The van der Waals surface area contributed by atoms with Crippen LogP contribution in [0.3, 0.4) is 0 Å². The van der Waals surface area contributed by atoms with Crippen LogP contribution in [-0.4, -0.2) is 9.13 Å². The van der Waals surface area contributed by atoms with E-state index >= 15 is 0 Å². The molecule has 0 radical (unpaired) electrons. The van der Waals surface area contributed by atoms with Gasteiger partial charge in [0.15, 0.2) is 0 Å². The first-order valence-electron chi connectivity index (χ1n) is 6.60. The van der Waals surface area contributed by atoms with Gasteiger partial charge in [-0.3, -0.25) is 13.9 Å². The van der Waals surface area contributed by atoms with Gasteiger partial charge >= 0.3 is 5.69 Å². The first-order chi connectivity index (χ1) is 9.43. The highest BCUT2D eigenvalue weighted by atomic mass is 16.2. The Morgan fingerprint density at radius 1 is 1.20 bits per heavy atom. The number of benzene rings is 1. The predicted octanol–water partition coefficient (Wildman–Crippen LogP) is 1.28. The fourth-order valence-corrected chi connectivity index (χ4v) is 2.18. The second kappa shape index (κ2) is 5.36. The van der Waals surface area contributed by atoms with Gasteiger partial charge < -0.3 is 5.73 Å². The molecular weight excluding hydrogens is 254 g/mol. The van der Waals surface area contributed by atoms with E-state index in [0.29, 0.717) is 6.54 Å². The van der Waals surface area contributed by atoms with E-state index in [1.807, 2.05) is 39.0 Å². The van der Waals surface area contributed by atoms with Crippen molar-refractivity contribution in [2.24, 2.45) is 0 Å². The number of nitrogens with two attached hydrogens (primary N) is 1. The predicted molar refractivity (Wildman–Crippen MR) is 80.1 cm³/mol. The van der Waals surface area contributed by atoms with Crippen LogP contribution in [0.4, 0.5) is 5.69 Å². The minimum Gasteiger partial charge on any atom is -0.393 e. The highest BCUT2D eigenvalue weighted by molar-refractivity contribution is 5.33. The summed E-state index contributed by atoms with van der Waals surface area (Å²) in [5.74, 6) is 0. The summed E-state index contributed by atoms with van der Waals surface area (Å²) in [6.07, 6.45) is 1.41. The van der Waals surface area contributed by atoms with Crippen LogP contribution < -0.4 is 17.0 Å². The van der Waals surface area contributed by atoms with Crippen molar-refractivity contribution in [2.45, 2.75) is 33.9 Å². The monoisotopic (exact) mass is 273 g/mol. The smallest absolute Gasteiger partial charge is 0.331 e. The van der Waals surface area contributed by atoms with E-state index in [9.17, 15) is 9.59 Å². The van der Waals surface area contributed by atoms with Crippen molar-refractivity contribution >= 4 is 5.69 Å². The fourth-order valence-electron chi connectivity index (χ4n) is 2.18. The molecule has 0 aliphatic rings. The Kier molecular flexibility index (Phi) is 3.79. The Hall–Kier alpha value is -2.30. The average Bonchev–Trinajstić information content (AvgIpc) is 2.42. The molecule has 5 heteroatoms. The summed E-state index contributed by atoms with van der Waals surface area (Å²) in [6.45, 7) is 6.51. The number of rotatable bonds is 3. The van der Waals surface area contributed by atoms with Crippen molar-refractivity contribution in [3.63, 3.8) is 0 Å². The molecular formula is C15H19N3O2. The Morgan fingerprint density at radius 2 is 1.90 bits per heavy atom. The summed E-state index contributed by atoms with van der Waals surface area (Å²) in [7, 11) is 0. The summed E-state index contributed by atoms with van der Waals surface area (Å²) in [6, 6.07) is 5.98. The van der Waals surface area contributed by atoms with E-state index in [0.717, 1.165) is 16.7 Å². The summed E-state index contributed by atoms with van der Waals surface area (Å²) in [4.78, 5) is 24.3. The number of hydrogen-bond acceptors (Lipinski definition) is 3. The third-order valence-corrected chi connectivity index (χ3v) is 3.44.